The van der Waals surface area contributed by atoms with Crippen LogP contribution in [0.4, 0.5) is 0 Å². The summed E-state index contributed by atoms with van der Waals surface area (Å²) >= 11 is 0. The zero-order chi connectivity index (χ0) is 14.0. The van der Waals surface area contributed by atoms with E-state index in [1.807, 2.05) is 18.3 Å². The van der Waals surface area contributed by atoms with Gasteiger partial charge in [-0.15, -0.1) is 0 Å². The number of pyridine rings is 1. The number of aliphatic hydroxyl groups excluding tert-OH is 1. The second-order valence-electron chi connectivity index (χ2n) is 5.52. The van der Waals surface area contributed by atoms with Crippen LogP contribution in [0, 0.1) is 6.92 Å². The smallest absolute Gasteiger partial charge is 0.0678 e. The van der Waals surface area contributed by atoms with Crippen molar-refractivity contribution in [3.63, 3.8) is 0 Å². The van der Waals surface area contributed by atoms with Gasteiger partial charge in [0.05, 0.1) is 17.8 Å². The van der Waals surface area contributed by atoms with Crippen LogP contribution in [0.15, 0.2) is 42.6 Å². The molecule has 104 valence electrons. The summed E-state index contributed by atoms with van der Waals surface area (Å²) in [6.07, 6.45) is 3.78. The second-order valence-corrected chi connectivity index (χ2v) is 5.52. The molecule has 1 aliphatic carbocycles. The highest BCUT2D eigenvalue weighted by atomic mass is 16.3. The fourth-order valence-electron chi connectivity index (χ4n) is 3.05. The fourth-order valence-corrected chi connectivity index (χ4v) is 3.05. The summed E-state index contributed by atoms with van der Waals surface area (Å²) in [5, 5.41) is 13.5. The van der Waals surface area contributed by atoms with Gasteiger partial charge < -0.3 is 5.11 Å². The number of aliphatic hydroxyl groups is 1. The molecule has 3 heteroatoms. The van der Waals surface area contributed by atoms with Crippen molar-refractivity contribution in [3.05, 3.63) is 65.0 Å². The Morgan fingerprint density at radius 3 is 2.90 bits per heavy atom. The fraction of sp³-hybridized carbons (Fsp3) is 0.353. The molecular formula is C17H20N2O. The molecule has 0 spiro atoms. The average Bonchev–Trinajstić information content (AvgIpc) is 2.86. The molecule has 1 unspecified atom stereocenters. The van der Waals surface area contributed by atoms with Gasteiger partial charge in [-0.05, 0) is 42.5 Å². The Labute approximate surface area is 119 Å². The van der Waals surface area contributed by atoms with Gasteiger partial charge in [-0.3, -0.25) is 10.3 Å². The van der Waals surface area contributed by atoms with Crippen LogP contribution in [-0.4, -0.2) is 16.7 Å². The van der Waals surface area contributed by atoms with Gasteiger partial charge in [0.25, 0.3) is 0 Å². The van der Waals surface area contributed by atoms with Crippen molar-refractivity contribution in [3.8, 4) is 0 Å². The largest absolute Gasteiger partial charge is 0.394 e. The number of aromatic nitrogens is 1. The zero-order valence-corrected chi connectivity index (χ0v) is 11.8. The van der Waals surface area contributed by atoms with Crippen LogP contribution < -0.4 is 5.32 Å². The number of nitrogens with zero attached hydrogens (tertiary/aromatic N) is 1. The monoisotopic (exact) mass is 268 g/mol. The van der Waals surface area contributed by atoms with Crippen molar-refractivity contribution < 1.29 is 5.11 Å². The van der Waals surface area contributed by atoms with Crippen LogP contribution in [0.3, 0.4) is 0 Å². The van der Waals surface area contributed by atoms with Crippen molar-refractivity contribution in [2.24, 2.45) is 0 Å². The predicted molar refractivity (Wildman–Crippen MR) is 79.3 cm³/mol. The molecule has 3 nitrogen and oxygen atoms in total. The van der Waals surface area contributed by atoms with E-state index in [1.165, 1.54) is 16.7 Å². The molecule has 3 rings (SSSR count). The Morgan fingerprint density at radius 1 is 1.25 bits per heavy atom. The molecule has 20 heavy (non-hydrogen) atoms. The Bertz CT molecular complexity index is 611. The van der Waals surface area contributed by atoms with Gasteiger partial charge in [-0.2, -0.15) is 0 Å². The van der Waals surface area contributed by atoms with E-state index in [0.29, 0.717) is 6.54 Å². The Morgan fingerprint density at radius 2 is 2.10 bits per heavy atom. The van der Waals surface area contributed by atoms with Crippen molar-refractivity contribution in [2.45, 2.75) is 31.8 Å². The van der Waals surface area contributed by atoms with Crippen LogP contribution in [0.1, 0.15) is 28.8 Å². The molecule has 0 aliphatic heterocycles. The molecule has 1 atom stereocenters. The van der Waals surface area contributed by atoms with E-state index < -0.39 is 0 Å². The zero-order valence-electron chi connectivity index (χ0n) is 11.8. The van der Waals surface area contributed by atoms with E-state index in [-0.39, 0.29) is 12.1 Å². The third-order valence-electron chi connectivity index (χ3n) is 4.34. The van der Waals surface area contributed by atoms with Crippen LogP contribution in [0.2, 0.25) is 0 Å². The number of nitrogens with one attached hydrogen (secondary N) is 1. The maximum absolute atomic E-state index is 9.93. The highest BCUT2D eigenvalue weighted by Gasteiger charge is 2.37. The molecule has 1 aliphatic rings. The quantitative estimate of drug-likeness (QED) is 0.894. The molecule has 0 radical (unpaired) electrons. The number of hydrogen-bond acceptors (Lipinski definition) is 3. The molecule has 2 N–H and O–H groups in total. The molecule has 1 aromatic carbocycles. The summed E-state index contributed by atoms with van der Waals surface area (Å²) in [5.74, 6) is 0. The molecule has 0 bridgehead atoms. The minimum Gasteiger partial charge on any atom is -0.394 e. The van der Waals surface area contributed by atoms with E-state index >= 15 is 0 Å². The first-order valence-electron chi connectivity index (χ1n) is 7.10. The van der Waals surface area contributed by atoms with Crippen molar-refractivity contribution in [2.75, 3.05) is 6.61 Å². The van der Waals surface area contributed by atoms with E-state index in [9.17, 15) is 5.11 Å². The normalized spacial score (nSPS) is 20.9. The molecule has 0 amide bonds. The lowest BCUT2D eigenvalue weighted by molar-refractivity contribution is 0.158. The summed E-state index contributed by atoms with van der Waals surface area (Å²) in [7, 11) is 0. The Balaban J connectivity index is 1.84. The first-order chi connectivity index (χ1) is 9.75. The minimum atomic E-state index is -0.319. The molecule has 0 saturated heterocycles. The lowest BCUT2D eigenvalue weighted by Gasteiger charge is -2.30. The lowest BCUT2D eigenvalue weighted by atomic mass is 9.92. The van der Waals surface area contributed by atoms with Crippen LogP contribution >= 0.6 is 0 Å². The summed E-state index contributed by atoms with van der Waals surface area (Å²) < 4.78 is 0. The standard InChI is InChI=1S/C17H20N2O/c1-13-5-4-10-18-16(13)11-19-17(12-20)9-8-14-6-2-3-7-15(14)17/h2-7,10,19-20H,8-9,11-12H2,1H3. The first-order valence-corrected chi connectivity index (χ1v) is 7.10. The summed E-state index contributed by atoms with van der Waals surface area (Å²) in [6.45, 7) is 2.87. The highest BCUT2D eigenvalue weighted by molar-refractivity contribution is 5.39. The molecule has 2 aromatic rings. The Hall–Kier alpha value is -1.71. The van der Waals surface area contributed by atoms with Crippen molar-refractivity contribution in [1.29, 1.82) is 0 Å². The summed E-state index contributed by atoms with van der Waals surface area (Å²) in [5.41, 5.74) is 4.48. The van der Waals surface area contributed by atoms with Gasteiger partial charge in [0.2, 0.25) is 0 Å². The maximum Gasteiger partial charge on any atom is 0.0678 e. The van der Waals surface area contributed by atoms with Crippen LogP contribution in [0.25, 0.3) is 0 Å². The van der Waals surface area contributed by atoms with E-state index in [4.69, 9.17) is 0 Å². The van der Waals surface area contributed by atoms with Gasteiger partial charge in [0.1, 0.15) is 0 Å². The van der Waals surface area contributed by atoms with Crippen LogP contribution in [0.5, 0.6) is 0 Å². The number of hydrogen-bond donors (Lipinski definition) is 2. The van der Waals surface area contributed by atoms with Crippen molar-refractivity contribution in [1.82, 2.24) is 10.3 Å². The lowest BCUT2D eigenvalue weighted by Crippen LogP contribution is -2.43. The third-order valence-corrected chi connectivity index (χ3v) is 4.34. The second kappa shape index (κ2) is 5.35. The molecule has 0 saturated carbocycles. The van der Waals surface area contributed by atoms with Gasteiger partial charge >= 0.3 is 0 Å². The number of aryl methyl sites for hydroxylation is 2. The number of fused-ring (bicyclic) bond motifs is 1. The first kappa shape index (κ1) is 13.3. The summed E-state index contributed by atoms with van der Waals surface area (Å²) in [4.78, 5) is 4.42. The minimum absolute atomic E-state index is 0.121. The van der Waals surface area contributed by atoms with Gasteiger partial charge in [0.15, 0.2) is 0 Å². The molecule has 1 heterocycles. The van der Waals surface area contributed by atoms with Gasteiger partial charge in [-0.25, -0.2) is 0 Å². The molecule has 0 fully saturated rings. The third kappa shape index (κ3) is 2.23. The highest BCUT2D eigenvalue weighted by Crippen LogP contribution is 2.36. The van der Waals surface area contributed by atoms with Crippen molar-refractivity contribution >= 4 is 0 Å². The predicted octanol–water partition coefficient (Wildman–Crippen LogP) is 2.31. The number of benzene rings is 1. The van der Waals surface area contributed by atoms with Crippen LogP contribution in [-0.2, 0) is 18.5 Å². The van der Waals surface area contributed by atoms with E-state index in [1.54, 1.807) is 0 Å². The molecule has 1 aromatic heterocycles. The van der Waals surface area contributed by atoms with E-state index in [2.05, 4.69) is 41.5 Å². The Kier molecular flexibility index (Phi) is 3.55. The summed E-state index contributed by atoms with van der Waals surface area (Å²) in [6, 6.07) is 12.4. The topological polar surface area (TPSA) is 45.2 Å². The van der Waals surface area contributed by atoms with Gasteiger partial charge in [-0.1, -0.05) is 30.3 Å². The van der Waals surface area contributed by atoms with E-state index in [0.717, 1.165) is 18.5 Å². The number of rotatable bonds is 4. The average molecular weight is 268 g/mol. The molecular weight excluding hydrogens is 248 g/mol. The van der Waals surface area contributed by atoms with Gasteiger partial charge in [0, 0.05) is 12.7 Å². The maximum atomic E-state index is 9.93. The SMILES string of the molecule is Cc1cccnc1CNC1(CO)CCc2ccccc21.